The summed E-state index contributed by atoms with van der Waals surface area (Å²) >= 11 is 6.76. The Kier molecular flexibility index (Phi) is 4.48. The Morgan fingerprint density at radius 1 is 1.38 bits per heavy atom. The normalized spacial score (nSPS) is 10.0. The van der Waals surface area contributed by atoms with Crippen molar-refractivity contribution in [3.05, 3.63) is 35.4 Å². The van der Waals surface area contributed by atoms with Crippen molar-refractivity contribution < 1.29 is 8.98 Å². The number of hydrogen-bond acceptors (Lipinski definition) is 3. The van der Waals surface area contributed by atoms with E-state index in [2.05, 4.69) is 33.0 Å². The molecule has 0 aliphatic carbocycles. The summed E-state index contributed by atoms with van der Waals surface area (Å²) in [5.41, 5.74) is 1.71. The first-order chi connectivity index (χ1) is 6.27. The molecule has 0 amide bonds. The van der Waals surface area contributed by atoms with Crippen molar-refractivity contribution in [2.75, 3.05) is 5.33 Å². The summed E-state index contributed by atoms with van der Waals surface area (Å²) < 4.78 is 4.65. The largest absolute Gasteiger partial charge is 0.314 e. The van der Waals surface area contributed by atoms with Gasteiger partial charge in [-0.15, -0.1) is 0 Å². The zero-order valence-electron chi connectivity index (χ0n) is 6.87. The molecule has 0 radical (unpaired) electrons. The first-order valence-electron chi connectivity index (χ1n) is 3.72. The van der Waals surface area contributed by atoms with Crippen LogP contribution in [0, 0.1) is 0 Å². The first kappa shape index (κ1) is 10.8. The number of halogens is 1. The van der Waals surface area contributed by atoms with Crippen LogP contribution in [0.1, 0.15) is 15.9 Å². The number of ketones is 1. The van der Waals surface area contributed by atoms with Crippen molar-refractivity contribution in [1.29, 1.82) is 0 Å². The van der Waals surface area contributed by atoms with E-state index in [-0.39, 0.29) is 5.78 Å². The number of alkyl halides is 1. The monoisotopic (exact) mass is 260 g/mol. The highest BCUT2D eigenvalue weighted by atomic mass is 79.9. The molecular formula is C9H9BrO2S. The number of carbonyl (C=O) groups is 1. The molecule has 0 unspecified atom stereocenters. The summed E-state index contributed by atoms with van der Waals surface area (Å²) in [4.78, 5) is 11.2. The molecule has 13 heavy (non-hydrogen) atoms. The molecule has 0 heterocycles. The molecule has 0 saturated carbocycles. The van der Waals surface area contributed by atoms with Crippen LogP contribution in [0.4, 0.5) is 0 Å². The van der Waals surface area contributed by atoms with E-state index in [1.54, 1.807) is 12.1 Å². The third-order valence-corrected chi connectivity index (χ3v) is 2.27. The zero-order chi connectivity index (χ0) is 9.68. The van der Waals surface area contributed by atoms with Crippen LogP contribution in [0.15, 0.2) is 24.3 Å². The number of benzene rings is 1. The fourth-order valence-electron chi connectivity index (χ4n) is 0.939. The van der Waals surface area contributed by atoms with Gasteiger partial charge in [0.2, 0.25) is 0 Å². The minimum Gasteiger partial charge on any atom is -0.314 e. The molecule has 0 atom stereocenters. The predicted octanol–water partition coefficient (Wildman–Crippen LogP) is 2.63. The fourth-order valence-corrected chi connectivity index (χ4v) is 1.41. The zero-order valence-corrected chi connectivity index (χ0v) is 9.35. The van der Waals surface area contributed by atoms with Crippen molar-refractivity contribution in [2.24, 2.45) is 0 Å². The average Bonchev–Trinajstić information content (AvgIpc) is 2.18. The summed E-state index contributed by atoms with van der Waals surface area (Å²) in [6.07, 6.45) is 0. The second-order valence-corrected chi connectivity index (χ2v) is 3.35. The molecule has 2 nitrogen and oxygen atoms in total. The van der Waals surface area contributed by atoms with Gasteiger partial charge >= 0.3 is 0 Å². The van der Waals surface area contributed by atoms with Gasteiger partial charge in [-0.2, -0.15) is 0 Å². The molecule has 70 valence electrons. The lowest BCUT2D eigenvalue weighted by Gasteiger charge is -2.00. The third-order valence-electron chi connectivity index (χ3n) is 1.63. The molecule has 1 rings (SSSR count). The van der Waals surface area contributed by atoms with Gasteiger partial charge in [-0.3, -0.25) is 4.79 Å². The molecular weight excluding hydrogens is 252 g/mol. The van der Waals surface area contributed by atoms with E-state index in [4.69, 9.17) is 0 Å². The Labute approximate surface area is 91.0 Å². The lowest BCUT2D eigenvalue weighted by molar-refractivity contribution is 0.102. The number of rotatable bonds is 4. The van der Waals surface area contributed by atoms with E-state index in [1.165, 1.54) is 0 Å². The molecule has 1 aromatic carbocycles. The van der Waals surface area contributed by atoms with Crippen LogP contribution in [0.2, 0.25) is 0 Å². The molecule has 1 aromatic rings. The highest BCUT2D eigenvalue weighted by molar-refractivity contribution is 9.09. The maximum absolute atomic E-state index is 11.2. The molecule has 0 aliphatic rings. The average molecular weight is 261 g/mol. The molecule has 0 aromatic heterocycles. The van der Waals surface area contributed by atoms with Gasteiger partial charge < -0.3 is 4.18 Å². The van der Waals surface area contributed by atoms with Crippen LogP contribution >= 0.6 is 28.8 Å². The SMILES string of the molecule is O=C(CBr)c1ccc(COS)cc1. The van der Waals surface area contributed by atoms with Crippen molar-refractivity contribution in [2.45, 2.75) is 6.61 Å². The van der Waals surface area contributed by atoms with Crippen molar-refractivity contribution in [3.63, 3.8) is 0 Å². The third kappa shape index (κ3) is 3.14. The molecule has 0 fully saturated rings. The quantitative estimate of drug-likeness (QED) is 0.390. The van der Waals surface area contributed by atoms with Crippen LogP contribution in [-0.2, 0) is 10.8 Å². The van der Waals surface area contributed by atoms with Gasteiger partial charge in [0.25, 0.3) is 0 Å². The summed E-state index contributed by atoms with van der Waals surface area (Å²) in [5.74, 6) is 0.0818. The minimum atomic E-state index is 0.0818. The summed E-state index contributed by atoms with van der Waals surface area (Å²) in [6.45, 7) is 0.450. The number of carbonyl (C=O) groups excluding carboxylic acids is 1. The van der Waals surface area contributed by atoms with Crippen LogP contribution in [0.5, 0.6) is 0 Å². The minimum absolute atomic E-state index is 0.0818. The smallest absolute Gasteiger partial charge is 0.173 e. The second kappa shape index (κ2) is 5.42. The molecule has 0 aliphatic heterocycles. The van der Waals surface area contributed by atoms with Gasteiger partial charge in [-0.1, -0.05) is 40.2 Å². The highest BCUT2D eigenvalue weighted by Crippen LogP contribution is 2.08. The summed E-state index contributed by atoms with van der Waals surface area (Å²) in [7, 11) is 0. The van der Waals surface area contributed by atoms with E-state index in [0.717, 1.165) is 5.56 Å². The van der Waals surface area contributed by atoms with Gasteiger partial charge in [0, 0.05) is 5.56 Å². The van der Waals surface area contributed by atoms with E-state index in [0.29, 0.717) is 17.5 Å². The predicted molar refractivity (Wildman–Crippen MR) is 58.3 cm³/mol. The van der Waals surface area contributed by atoms with Crippen molar-refractivity contribution in [1.82, 2.24) is 0 Å². The Morgan fingerprint density at radius 2 is 2.00 bits per heavy atom. The van der Waals surface area contributed by atoms with Gasteiger partial charge in [-0.05, 0) is 18.5 Å². The summed E-state index contributed by atoms with van der Waals surface area (Å²) in [5, 5.41) is 0.357. The molecule has 0 spiro atoms. The standard InChI is InChI=1S/C9H9BrO2S/c10-5-9(11)8-3-1-7(2-4-8)6-12-13/h1-4,13H,5-6H2. The van der Waals surface area contributed by atoms with Gasteiger partial charge in [0.1, 0.15) is 0 Å². The van der Waals surface area contributed by atoms with Crippen molar-refractivity contribution >= 4 is 34.6 Å². The lowest BCUT2D eigenvalue weighted by atomic mass is 10.1. The highest BCUT2D eigenvalue weighted by Gasteiger charge is 2.02. The van der Waals surface area contributed by atoms with Crippen LogP contribution in [-0.4, -0.2) is 11.1 Å². The second-order valence-electron chi connectivity index (χ2n) is 2.53. The summed E-state index contributed by atoms with van der Waals surface area (Å²) in [6, 6.07) is 7.27. The van der Waals surface area contributed by atoms with Gasteiger partial charge in [0.05, 0.1) is 11.9 Å². The Bertz CT molecular complexity index is 284. The molecule has 0 saturated heterocycles. The Morgan fingerprint density at radius 3 is 2.46 bits per heavy atom. The Balaban J connectivity index is 2.75. The number of thiol groups is 1. The van der Waals surface area contributed by atoms with Crippen LogP contribution in [0.3, 0.4) is 0 Å². The van der Waals surface area contributed by atoms with E-state index in [1.807, 2.05) is 12.1 Å². The maximum atomic E-state index is 11.2. The lowest BCUT2D eigenvalue weighted by Crippen LogP contribution is -1.99. The first-order valence-corrected chi connectivity index (χ1v) is 5.21. The van der Waals surface area contributed by atoms with E-state index >= 15 is 0 Å². The number of Topliss-reactive ketones (excluding diaryl/α,β-unsaturated/α-hetero) is 1. The Hall–Kier alpha value is -0.320. The topological polar surface area (TPSA) is 26.3 Å². The number of hydrogen-bond donors (Lipinski definition) is 1. The van der Waals surface area contributed by atoms with Crippen LogP contribution < -0.4 is 0 Å². The molecule has 0 N–H and O–H groups in total. The fraction of sp³-hybridized carbons (Fsp3) is 0.222. The molecule has 4 heteroatoms. The van der Waals surface area contributed by atoms with Crippen molar-refractivity contribution in [3.8, 4) is 0 Å². The molecule has 0 bridgehead atoms. The van der Waals surface area contributed by atoms with Gasteiger partial charge in [0.15, 0.2) is 5.78 Å². The van der Waals surface area contributed by atoms with Gasteiger partial charge in [-0.25, -0.2) is 0 Å². The van der Waals surface area contributed by atoms with E-state index < -0.39 is 0 Å². The maximum Gasteiger partial charge on any atom is 0.173 e. The van der Waals surface area contributed by atoms with Crippen LogP contribution in [0.25, 0.3) is 0 Å². The van der Waals surface area contributed by atoms with E-state index in [9.17, 15) is 4.79 Å².